The third kappa shape index (κ3) is 2.68. The molecule has 94 valence electrons. The van der Waals surface area contributed by atoms with Gasteiger partial charge in [0.25, 0.3) is 5.91 Å². The number of aryl methyl sites for hydroxylation is 1. The topological polar surface area (TPSA) is 59.0 Å². The van der Waals surface area contributed by atoms with E-state index in [0.717, 1.165) is 12.2 Å². The third-order valence-electron chi connectivity index (χ3n) is 2.59. The zero-order valence-electron chi connectivity index (χ0n) is 10.5. The van der Waals surface area contributed by atoms with E-state index in [2.05, 4.69) is 15.7 Å². The molecular formula is C13H16N4O. The first kappa shape index (κ1) is 12.2. The molecule has 1 amide bonds. The average Bonchev–Trinajstić information content (AvgIpc) is 2.76. The first-order valence-electron chi connectivity index (χ1n) is 5.84. The van der Waals surface area contributed by atoms with Crippen LogP contribution in [0, 0.1) is 0 Å². The summed E-state index contributed by atoms with van der Waals surface area (Å²) in [5.41, 5.74) is 1.63. The molecule has 0 atom stereocenters. The maximum absolute atomic E-state index is 12.0. The number of amides is 1. The van der Waals surface area contributed by atoms with Crippen molar-refractivity contribution >= 4 is 17.4 Å². The number of carbonyl (C=O) groups is 1. The monoisotopic (exact) mass is 244 g/mol. The van der Waals surface area contributed by atoms with Crippen LogP contribution >= 0.6 is 0 Å². The van der Waals surface area contributed by atoms with E-state index in [4.69, 9.17) is 0 Å². The molecule has 0 saturated carbocycles. The predicted molar refractivity (Wildman–Crippen MR) is 71.8 cm³/mol. The molecule has 1 aromatic heterocycles. The first-order valence-corrected chi connectivity index (χ1v) is 5.84. The molecule has 5 heteroatoms. The summed E-state index contributed by atoms with van der Waals surface area (Å²) >= 11 is 0. The van der Waals surface area contributed by atoms with E-state index in [-0.39, 0.29) is 5.91 Å². The van der Waals surface area contributed by atoms with E-state index in [1.165, 1.54) is 0 Å². The number of anilines is 2. The minimum Gasteiger partial charge on any atom is -0.385 e. The number of benzene rings is 1. The molecule has 1 heterocycles. The van der Waals surface area contributed by atoms with Crippen LogP contribution < -0.4 is 10.6 Å². The lowest BCUT2D eigenvalue weighted by Gasteiger charge is -2.07. The summed E-state index contributed by atoms with van der Waals surface area (Å²) in [5, 5.41) is 9.98. The highest BCUT2D eigenvalue weighted by molar-refractivity contribution is 6.03. The quantitative estimate of drug-likeness (QED) is 0.866. The van der Waals surface area contributed by atoms with Crippen molar-refractivity contribution in [1.29, 1.82) is 0 Å². The molecule has 0 bridgehead atoms. The van der Waals surface area contributed by atoms with Crippen LogP contribution in [0.2, 0.25) is 0 Å². The molecule has 1 aromatic carbocycles. The van der Waals surface area contributed by atoms with E-state index < -0.39 is 0 Å². The molecule has 0 fully saturated rings. The lowest BCUT2D eigenvalue weighted by Crippen LogP contribution is -2.14. The summed E-state index contributed by atoms with van der Waals surface area (Å²) < 4.78 is 1.62. The van der Waals surface area contributed by atoms with Gasteiger partial charge in [-0.25, -0.2) is 0 Å². The summed E-state index contributed by atoms with van der Waals surface area (Å²) in [6.07, 6.45) is 1.64. The maximum Gasteiger partial charge on any atom is 0.256 e. The van der Waals surface area contributed by atoms with Gasteiger partial charge in [-0.1, -0.05) is 0 Å². The molecular weight excluding hydrogens is 228 g/mol. The van der Waals surface area contributed by atoms with E-state index >= 15 is 0 Å². The summed E-state index contributed by atoms with van der Waals surface area (Å²) in [6.45, 7) is 2.89. The van der Waals surface area contributed by atoms with Gasteiger partial charge in [-0.3, -0.25) is 9.48 Å². The van der Waals surface area contributed by atoms with Crippen LogP contribution in [0.15, 0.2) is 36.5 Å². The van der Waals surface area contributed by atoms with Crippen molar-refractivity contribution in [2.75, 3.05) is 17.2 Å². The van der Waals surface area contributed by atoms with Gasteiger partial charge in [-0.15, -0.1) is 0 Å². The fourth-order valence-electron chi connectivity index (χ4n) is 1.63. The Morgan fingerprint density at radius 2 is 2.00 bits per heavy atom. The van der Waals surface area contributed by atoms with Crippen LogP contribution in [-0.2, 0) is 7.05 Å². The molecule has 0 aliphatic rings. The fourth-order valence-corrected chi connectivity index (χ4v) is 1.63. The van der Waals surface area contributed by atoms with Crippen molar-refractivity contribution in [1.82, 2.24) is 9.78 Å². The second-order valence-corrected chi connectivity index (χ2v) is 3.90. The van der Waals surface area contributed by atoms with Crippen LogP contribution in [0.1, 0.15) is 17.3 Å². The molecule has 0 spiro atoms. The molecule has 0 aliphatic heterocycles. The highest BCUT2D eigenvalue weighted by Crippen LogP contribution is 2.11. The number of nitrogens with one attached hydrogen (secondary N) is 2. The van der Waals surface area contributed by atoms with E-state index in [1.54, 1.807) is 36.1 Å². The number of aromatic nitrogens is 2. The Labute approximate surface area is 106 Å². The van der Waals surface area contributed by atoms with Crippen molar-refractivity contribution in [3.63, 3.8) is 0 Å². The first-order chi connectivity index (χ1) is 8.70. The van der Waals surface area contributed by atoms with Gasteiger partial charge in [0.2, 0.25) is 0 Å². The molecule has 2 rings (SSSR count). The Balaban J connectivity index is 2.07. The SMILES string of the molecule is CCNc1ccc(C(=O)Nc2ccnn2C)cc1. The molecule has 0 aliphatic carbocycles. The maximum atomic E-state index is 12.0. The van der Waals surface area contributed by atoms with Gasteiger partial charge in [0.05, 0.1) is 6.20 Å². The van der Waals surface area contributed by atoms with Gasteiger partial charge >= 0.3 is 0 Å². The zero-order chi connectivity index (χ0) is 13.0. The Hall–Kier alpha value is -2.30. The smallest absolute Gasteiger partial charge is 0.256 e. The van der Waals surface area contributed by atoms with Crippen LogP contribution in [0.25, 0.3) is 0 Å². The molecule has 2 N–H and O–H groups in total. The lowest BCUT2D eigenvalue weighted by atomic mass is 10.2. The van der Waals surface area contributed by atoms with Crippen molar-refractivity contribution < 1.29 is 4.79 Å². The minimum absolute atomic E-state index is 0.137. The van der Waals surface area contributed by atoms with Gasteiger partial charge in [0.1, 0.15) is 5.82 Å². The van der Waals surface area contributed by atoms with Crippen molar-refractivity contribution in [2.24, 2.45) is 7.05 Å². The lowest BCUT2D eigenvalue weighted by molar-refractivity contribution is 0.102. The van der Waals surface area contributed by atoms with E-state index in [9.17, 15) is 4.79 Å². The number of nitrogens with zero attached hydrogens (tertiary/aromatic N) is 2. The van der Waals surface area contributed by atoms with Gasteiger partial charge in [-0.05, 0) is 31.2 Å². The Kier molecular flexibility index (Phi) is 3.62. The van der Waals surface area contributed by atoms with Gasteiger partial charge in [0, 0.05) is 30.9 Å². The number of hydrogen-bond acceptors (Lipinski definition) is 3. The largest absolute Gasteiger partial charge is 0.385 e. The van der Waals surface area contributed by atoms with Crippen LogP contribution in [0.4, 0.5) is 11.5 Å². The zero-order valence-corrected chi connectivity index (χ0v) is 10.5. The Morgan fingerprint density at radius 1 is 1.28 bits per heavy atom. The van der Waals surface area contributed by atoms with Gasteiger partial charge in [-0.2, -0.15) is 5.10 Å². The normalized spacial score (nSPS) is 10.1. The molecule has 5 nitrogen and oxygen atoms in total. The highest BCUT2D eigenvalue weighted by atomic mass is 16.1. The molecule has 2 aromatic rings. The van der Waals surface area contributed by atoms with Gasteiger partial charge in [0.15, 0.2) is 0 Å². The second kappa shape index (κ2) is 5.35. The van der Waals surface area contributed by atoms with Crippen LogP contribution in [-0.4, -0.2) is 22.2 Å². The molecule has 0 unspecified atom stereocenters. The molecule has 0 saturated heterocycles. The average molecular weight is 244 g/mol. The summed E-state index contributed by atoms with van der Waals surface area (Å²) in [4.78, 5) is 12.0. The Morgan fingerprint density at radius 3 is 2.56 bits per heavy atom. The standard InChI is InChI=1S/C13H16N4O/c1-3-14-11-6-4-10(5-7-11)13(18)16-12-8-9-15-17(12)2/h4-9,14H,3H2,1-2H3,(H,16,18). The fraction of sp³-hybridized carbons (Fsp3) is 0.231. The van der Waals surface area contributed by atoms with Crippen molar-refractivity contribution in [3.05, 3.63) is 42.1 Å². The second-order valence-electron chi connectivity index (χ2n) is 3.90. The molecule has 18 heavy (non-hydrogen) atoms. The number of hydrogen-bond donors (Lipinski definition) is 2. The van der Waals surface area contributed by atoms with E-state index in [0.29, 0.717) is 11.4 Å². The van der Waals surface area contributed by atoms with Gasteiger partial charge < -0.3 is 10.6 Å². The molecule has 0 radical (unpaired) electrons. The summed E-state index contributed by atoms with van der Waals surface area (Å²) in [5.74, 6) is 0.539. The van der Waals surface area contributed by atoms with E-state index in [1.807, 2.05) is 19.1 Å². The minimum atomic E-state index is -0.137. The number of carbonyl (C=O) groups excluding carboxylic acids is 1. The van der Waals surface area contributed by atoms with Crippen LogP contribution in [0.3, 0.4) is 0 Å². The van der Waals surface area contributed by atoms with Crippen molar-refractivity contribution in [2.45, 2.75) is 6.92 Å². The number of rotatable bonds is 4. The summed E-state index contributed by atoms with van der Waals surface area (Å²) in [6, 6.07) is 9.13. The summed E-state index contributed by atoms with van der Waals surface area (Å²) in [7, 11) is 1.78. The Bertz CT molecular complexity index is 530. The third-order valence-corrected chi connectivity index (χ3v) is 2.59. The van der Waals surface area contributed by atoms with Crippen molar-refractivity contribution in [3.8, 4) is 0 Å². The highest BCUT2D eigenvalue weighted by Gasteiger charge is 2.07. The van der Waals surface area contributed by atoms with Crippen LogP contribution in [0.5, 0.6) is 0 Å². The predicted octanol–water partition coefficient (Wildman–Crippen LogP) is 2.10.